The molecule has 0 saturated carbocycles. The fraction of sp³-hybridized carbons (Fsp3) is 0.0270. The van der Waals surface area contributed by atoms with Gasteiger partial charge >= 0.3 is 0 Å². The van der Waals surface area contributed by atoms with Gasteiger partial charge in [0.05, 0.1) is 22.1 Å². The van der Waals surface area contributed by atoms with E-state index in [2.05, 4.69) is 84.9 Å². The van der Waals surface area contributed by atoms with Crippen molar-refractivity contribution in [3.63, 3.8) is 0 Å². The lowest BCUT2D eigenvalue weighted by Gasteiger charge is -2.15. The Hall–Kier alpha value is -5.48. The maximum absolute atomic E-state index is 4.95. The Morgan fingerprint density at radius 3 is 2.20 bits per heavy atom. The number of aryl methyl sites for hydroxylation is 1. The van der Waals surface area contributed by atoms with Gasteiger partial charge in [-0.25, -0.2) is 0 Å². The van der Waals surface area contributed by atoms with Gasteiger partial charge in [-0.3, -0.25) is 19.9 Å². The van der Waals surface area contributed by atoms with Crippen LogP contribution in [0.15, 0.2) is 128 Å². The molecule has 4 heterocycles. The number of pyridine rings is 4. The molecule has 0 N–H and O–H groups in total. The van der Waals surface area contributed by atoms with E-state index >= 15 is 0 Å². The number of benzene rings is 4. The second kappa shape index (κ2) is 9.32. The summed E-state index contributed by atoms with van der Waals surface area (Å²) in [6.07, 6.45) is 5.79. The third-order valence-corrected chi connectivity index (χ3v) is 7.83. The standard InChI is InChI=1S/C37H24N4/c1-23-11-12-25-13-14-28-19-30(22-40-36(28)37(25)41-23)31-16-15-26(29-18-27-6-2-3-10-34(27)39-21-29)20-33(31)32-9-4-7-24-8-5-17-38-35(24)32/h2-22H,1H3. The number of fused-ring (bicyclic) bond motifs is 5. The molecular weight excluding hydrogens is 500 g/mol. The molecule has 0 atom stereocenters. The second-order valence-electron chi connectivity index (χ2n) is 10.4. The Morgan fingerprint density at radius 2 is 1.22 bits per heavy atom. The highest BCUT2D eigenvalue weighted by Crippen LogP contribution is 2.39. The average Bonchev–Trinajstić information content (AvgIpc) is 3.03. The van der Waals surface area contributed by atoms with Crippen molar-refractivity contribution in [2.24, 2.45) is 0 Å². The molecule has 192 valence electrons. The smallest absolute Gasteiger partial charge is 0.0967 e. The average molecular weight is 525 g/mol. The maximum Gasteiger partial charge on any atom is 0.0967 e. The van der Waals surface area contributed by atoms with Gasteiger partial charge in [-0.1, -0.05) is 72.8 Å². The van der Waals surface area contributed by atoms with Crippen LogP contribution in [-0.2, 0) is 0 Å². The van der Waals surface area contributed by atoms with E-state index in [1.165, 1.54) is 0 Å². The van der Waals surface area contributed by atoms with Crippen LogP contribution in [0, 0.1) is 6.92 Å². The highest BCUT2D eigenvalue weighted by molar-refractivity contribution is 6.05. The van der Waals surface area contributed by atoms with Crippen LogP contribution >= 0.6 is 0 Å². The highest BCUT2D eigenvalue weighted by Gasteiger charge is 2.15. The quantitative estimate of drug-likeness (QED) is 0.216. The van der Waals surface area contributed by atoms with Crippen molar-refractivity contribution in [1.29, 1.82) is 0 Å². The molecule has 0 aliphatic heterocycles. The van der Waals surface area contributed by atoms with Crippen molar-refractivity contribution in [3.05, 3.63) is 133 Å². The van der Waals surface area contributed by atoms with E-state index in [-0.39, 0.29) is 0 Å². The maximum atomic E-state index is 4.95. The number of para-hydroxylation sites is 2. The molecule has 0 spiro atoms. The minimum Gasteiger partial charge on any atom is -0.256 e. The predicted molar refractivity (Wildman–Crippen MR) is 169 cm³/mol. The van der Waals surface area contributed by atoms with E-state index in [1.54, 1.807) is 0 Å². The molecule has 8 aromatic rings. The molecule has 4 nitrogen and oxygen atoms in total. The van der Waals surface area contributed by atoms with Crippen LogP contribution in [0.5, 0.6) is 0 Å². The van der Waals surface area contributed by atoms with Crippen LogP contribution < -0.4 is 0 Å². The summed E-state index contributed by atoms with van der Waals surface area (Å²) in [4.78, 5) is 19.3. The summed E-state index contributed by atoms with van der Waals surface area (Å²) < 4.78 is 0. The molecule has 0 fully saturated rings. The fourth-order valence-electron chi connectivity index (χ4n) is 5.77. The summed E-state index contributed by atoms with van der Waals surface area (Å²) in [5.41, 5.74) is 11.3. The molecule has 0 amide bonds. The second-order valence-corrected chi connectivity index (χ2v) is 10.4. The lowest BCUT2D eigenvalue weighted by atomic mass is 9.90. The van der Waals surface area contributed by atoms with Crippen molar-refractivity contribution in [2.45, 2.75) is 6.92 Å². The Balaban J connectivity index is 1.36. The summed E-state index contributed by atoms with van der Waals surface area (Å²) in [5.74, 6) is 0. The van der Waals surface area contributed by atoms with Crippen LogP contribution in [0.1, 0.15) is 5.69 Å². The Labute approximate surface area is 237 Å². The summed E-state index contributed by atoms with van der Waals surface area (Å²) in [7, 11) is 0. The molecule has 4 heteroatoms. The molecule has 0 aliphatic carbocycles. The van der Waals surface area contributed by atoms with Crippen LogP contribution in [-0.4, -0.2) is 19.9 Å². The molecule has 4 aromatic carbocycles. The van der Waals surface area contributed by atoms with Gasteiger partial charge in [-0.05, 0) is 60.0 Å². The molecule has 8 rings (SSSR count). The van der Waals surface area contributed by atoms with Gasteiger partial charge in [0.15, 0.2) is 0 Å². The molecule has 4 aromatic heterocycles. The van der Waals surface area contributed by atoms with E-state index in [0.717, 1.165) is 82.7 Å². The minimum atomic E-state index is 0.919. The summed E-state index contributed by atoms with van der Waals surface area (Å²) in [6.45, 7) is 2.02. The lowest BCUT2D eigenvalue weighted by Crippen LogP contribution is -1.93. The predicted octanol–water partition coefficient (Wildman–Crippen LogP) is 9.19. The van der Waals surface area contributed by atoms with E-state index in [9.17, 15) is 0 Å². The third-order valence-electron chi connectivity index (χ3n) is 7.83. The summed E-state index contributed by atoms with van der Waals surface area (Å²) >= 11 is 0. The van der Waals surface area contributed by atoms with Crippen LogP contribution in [0.2, 0.25) is 0 Å². The normalized spacial score (nSPS) is 11.5. The zero-order valence-electron chi connectivity index (χ0n) is 22.4. The number of hydrogen-bond acceptors (Lipinski definition) is 4. The Morgan fingerprint density at radius 1 is 0.439 bits per heavy atom. The summed E-state index contributed by atoms with van der Waals surface area (Å²) in [6, 6.07) is 38.2. The van der Waals surface area contributed by atoms with E-state index in [1.807, 2.05) is 49.8 Å². The van der Waals surface area contributed by atoms with Gasteiger partial charge in [0.2, 0.25) is 0 Å². The first-order chi connectivity index (χ1) is 20.2. The molecule has 0 saturated heterocycles. The number of hydrogen-bond donors (Lipinski definition) is 0. The number of rotatable bonds is 3. The molecule has 0 unspecified atom stereocenters. The van der Waals surface area contributed by atoms with Gasteiger partial charge in [0, 0.05) is 62.5 Å². The summed E-state index contributed by atoms with van der Waals surface area (Å²) in [5, 5.41) is 4.40. The van der Waals surface area contributed by atoms with Gasteiger partial charge in [0.1, 0.15) is 0 Å². The molecular formula is C37H24N4. The van der Waals surface area contributed by atoms with Crippen LogP contribution in [0.4, 0.5) is 0 Å². The molecule has 0 radical (unpaired) electrons. The number of nitrogens with zero attached hydrogens (tertiary/aromatic N) is 4. The topological polar surface area (TPSA) is 51.6 Å². The zero-order valence-corrected chi connectivity index (χ0v) is 22.4. The van der Waals surface area contributed by atoms with Gasteiger partial charge < -0.3 is 0 Å². The van der Waals surface area contributed by atoms with E-state index in [0.29, 0.717) is 0 Å². The van der Waals surface area contributed by atoms with Gasteiger partial charge in [0.25, 0.3) is 0 Å². The van der Waals surface area contributed by atoms with Crippen molar-refractivity contribution < 1.29 is 0 Å². The monoisotopic (exact) mass is 524 g/mol. The van der Waals surface area contributed by atoms with Gasteiger partial charge in [-0.2, -0.15) is 0 Å². The van der Waals surface area contributed by atoms with Crippen molar-refractivity contribution in [3.8, 4) is 33.4 Å². The largest absolute Gasteiger partial charge is 0.256 e. The first-order valence-corrected chi connectivity index (χ1v) is 13.7. The Bertz CT molecular complexity index is 2280. The van der Waals surface area contributed by atoms with E-state index < -0.39 is 0 Å². The lowest BCUT2D eigenvalue weighted by molar-refractivity contribution is 1.25. The van der Waals surface area contributed by atoms with E-state index in [4.69, 9.17) is 19.9 Å². The first kappa shape index (κ1) is 23.4. The minimum absolute atomic E-state index is 0.919. The molecule has 0 aliphatic rings. The molecule has 0 bridgehead atoms. The van der Waals surface area contributed by atoms with Crippen LogP contribution in [0.3, 0.4) is 0 Å². The zero-order chi connectivity index (χ0) is 27.3. The number of aromatic nitrogens is 4. The SMILES string of the molecule is Cc1ccc2ccc3cc(-c4ccc(-c5cnc6ccccc6c5)cc4-c4cccc5cccnc45)cnc3c2n1. The van der Waals surface area contributed by atoms with Crippen molar-refractivity contribution >= 4 is 43.6 Å². The first-order valence-electron chi connectivity index (χ1n) is 13.7. The molecule has 41 heavy (non-hydrogen) atoms. The third kappa shape index (κ3) is 4.00. The van der Waals surface area contributed by atoms with Gasteiger partial charge in [-0.15, -0.1) is 0 Å². The van der Waals surface area contributed by atoms with Crippen molar-refractivity contribution in [1.82, 2.24) is 19.9 Å². The fourth-order valence-corrected chi connectivity index (χ4v) is 5.77. The highest BCUT2D eigenvalue weighted by atomic mass is 14.7. The van der Waals surface area contributed by atoms with Crippen LogP contribution in [0.25, 0.3) is 77.0 Å². The van der Waals surface area contributed by atoms with Crippen molar-refractivity contribution in [2.75, 3.05) is 0 Å². The Kier molecular flexibility index (Phi) is 5.32.